The maximum absolute atomic E-state index is 5.46. The predicted octanol–water partition coefficient (Wildman–Crippen LogP) is 2.95. The second kappa shape index (κ2) is 6.08. The third kappa shape index (κ3) is 2.90. The van der Waals surface area contributed by atoms with Crippen LogP contribution >= 0.6 is 8.58 Å². The zero-order valence-corrected chi connectivity index (χ0v) is 12.8. The molecule has 2 rings (SSSR count). The summed E-state index contributed by atoms with van der Waals surface area (Å²) in [4.78, 5) is 0. The molecule has 0 bridgehead atoms. The summed E-state index contributed by atoms with van der Waals surface area (Å²) in [6, 6.07) is 12.3. The molecule has 0 aliphatic heterocycles. The Bertz CT molecular complexity index is 557. The van der Waals surface area contributed by atoms with Crippen molar-refractivity contribution in [1.82, 2.24) is 0 Å². The van der Waals surface area contributed by atoms with E-state index in [1.807, 2.05) is 18.2 Å². The first-order chi connectivity index (χ1) is 9.17. The van der Waals surface area contributed by atoms with E-state index in [1.54, 1.807) is 14.2 Å². The summed E-state index contributed by atoms with van der Waals surface area (Å²) in [5.41, 5.74) is 2.66. The molecule has 2 aromatic carbocycles. The molecule has 0 aromatic heterocycles. The standard InChI is InChI=1S/C16H19O2P/c1-11-7-5-10-15(12(11)2)19-16-13(17-3)8-6-9-14(16)18-4/h5-10,19H,1-4H3. The van der Waals surface area contributed by atoms with Crippen LogP contribution in [0.25, 0.3) is 0 Å². The van der Waals surface area contributed by atoms with Gasteiger partial charge in [0.2, 0.25) is 0 Å². The average Bonchev–Trinajstić information content (AvgIpc) is 2.44. The summed E-state index contributed by atoms with van der Waals surface area (Å²) in [7, 11) is 3.93. The molecule has 0 fully saturated rings. The van der Waals surface area contributed by atoms with Crippen LogP contribution < -0.4 is 20.1 Å². The van der Waals surface area contributed by atoms with Gasteiger partial charge in [0, 0.05) is 0 Å². The SMILES string of the molecule is COc1cccc(OC)c1Pc1cccc(C)c1C. The predicted molar refractivity (Wildman–Crippen MR) is 83.0 cm³/mol. The fourth-order valence-corrected chi connectivity index (χ4v) is 3.45. The fourth-order valence-electron chi connectivity index (χ4n) is 2.00. The molecule has 0 radical (unpaired) electrons. The number of rotatable bonds is 4. The van der Waals surface area contributed by atoms with Crippen LogP contribution in [0, 0.1) is 13.8 Å². The van der Waals surface area contributed by atoms with E-state index in [2.05, 4.69) is 32.0 Å². The lowest BCUT2D eigenvalue weighted by molar-refractivity contribution is 0.401. The number of hydrogen-bond donors (Lipinski definition) is 0. The van der Waals surface area contributed by atoms with Gasteiger partial charge in [-0.2, -0.15) is 0 Å². The maximum Gasteiger partial charge on any atom is 0.130 e. The zero-order valence-electron chi connectivity index (χ0n) is 11.8. The fraction of sp³-hybridized carbons (Fsp3) is 0.250. The maximum atomic E-state index is 5.46. The Morgan fingerprint density at radius 1 is 0.842 bits per heavy atom. The lowest BCUT2D eigenvalue weighted by Gasteiger charge is -2.15. The lowest BCUT2D eigenvalue weighted by atomic mass is 10.1. The van der Waals surface area contributed by atoms with Gasteiger partial charge in [-0.25, -0.2) is 0 Å². The molecule has 0 heterocycles. The molecule has 0 amide bonds. The van der Waals surface area contributed by atoms with E-state index in [0.29, 0.717) is 8.58 Å². The molecule has 3 heteroatoms. The number of methoxy groups -OCH3 is 2. The van der Waals surface area contributed by atoms with Crippen LogP contribution in [0.4, 0.5) is 0 Å². The number of hydrogen-bond acceptors (Lipinski definition) is 2. The van der Waals surface area contributed by atoms with Crippen LogP contribution in [0.1, 0.15) is 11.1 Å². The number of ether oxygens (including phenoxy) is 2. The highest BCUT2D eigenvalue weighted by atomic mass is 31.1. The minimum Gasteiger partial charge on any atom is -0.496 e. The molecular formula is C16H19O2P. The van der Waals surface area contributed by atoms with Crippen LogP contribution in [0.3, 0.4) is 0 Å². The Kier molecular flexibility index (Phi) is 4.44. The first-order valence-corrected chi connectivity index (χ1v) is 7.21. The Hall–Kier alpha value is -1.53. The first-order valence-electron chi connectivity index (χ1n) is 6.21. The summed E-state index contributed by atoms with van der Waals surface area (Å²) in [5.74, 6) is 1.78. The van der Waals surface area contributed by atoms with Crippen molar-refractivity contribution < 1.29 is 9.47 Å². The van der Waals surface area contributed by atoms with Crippen LogP contribution in [0.5, 0.6) is 11.5 Å². The summed E-state index contributed by atoms with van der Waals surface area (Å²) in [6.07, 6.45) is 0. The normalized spacial score (nSPS) is 10.9. The van der Waals surface area contributed by atoms with Gasteiger partial charge >= 0.3 is 0 Å². The Labute approximate surface area is 116 Å². The average molecular weight is 274 g/mol. The molecular weight excluding hydrogens is 255 g/mol. The summed E-state index contributed by atoms with van der Waals surface area (Å²) in [5, 5.41) is 2.46. The molecule has 100 valence electrons. The molecule has 0 aliphatic carbocycles. The molecule has 1 atom stereocenters. The lowest BCUT2D eigenvalue weighted by Crippen LogP contribution is -2.12. The van der Waals surface area contributed by atoms with Gasteiger partial charge in [0.25, 0.3) is 0 Å². The molecule has 2 nitrogen and oxygen atoms in total. The molecule has 0 spiro atoms. The Morgan fingerprint density at radius 2 is 1.42 bits per heavy atom. The van der Waals surface area contributed by atoms with Crippen molar-refractivity contribution in [2.24, 2.45) is 0 Å². The van der Waals surface area contributed by atoms with Crippen LogP contribution in [-0.4, -0.2) is 14.2 Å². The van der Waals surface area contributed by atoms with E-state index in [9.17, 15) is 0 Å². The van der Waals surface area contributed by atoms with Crippen molar-refractivity contribution >= 4 is 19.2 Å². The van der Waals surface area contributed by atoms with Crippen LogP contribution in [0.2, 0.25) is 0 Å². The molecule has 0 aliphatic rings. The first kappa shape index (κ1) is 13.9. The number of benzene rings is 2. The number of aryl methyl sites for hydroxylation is 1. The largest absolute Gasteiger partial charge is 0.496 e. The van der Waals surface area contributed by atoms with Gasteiger partial charge in [-0.3, -0.25) is 0 Å². The van der Waals surface area contributed by atoms with E-state index in [-0.39, 0.29) is 0 Å². The van der Waals surface area contributed by atoms with Gasteiger partial charge < -0.3 is 9.47 Å². The highest BCUT2D eigenvalue weighted by molar-refractivity contribution is 7.56. The van der Waals surface area contributed by atoms with Crippen molar-refractivity contribution in [3.8, 4) is 11.5 Å². The van der Waals surface area contributed by atoms with Crippen molar-refractivity contribution in [2.45, 2.75) is 13.8 Å². The highest BCUT2D eigenvalue weighted by Crippen LogP contribution is 2.27. The van der Waals surface area contributed by atoms with Gasteiger partial charge in [0.15, 0.2) is 0 Å². The quantitative estimate of drug-likeness (QED) is 0.798. The molecule has 0 saturated heterocycles. The van der Waals surface area contributed by atoms with Crippen molar-refractivity contribution in [3.05, 3.63) is 47.5 Å². The smallest absolute Gasteiger partial charge is 0.130 e. The van der Waals surface area contributed by atoms with E-state index >= 15 is 0 Å². The highest BCUT2D eigenvalue weighted by Gasteiger charge is 2.12. The molecule has 19 heavy (non-hydrogen) atoms. The van der Waals surface area contributed by atoms with Gasteiger partial charge in [0.1, 0.15) is 11.5 Å². The second-order valence-corrected chi connectivity index (χ2v) is 5.70. The topological polar surface area (TPSA) is 18.5 Å². The summed E-state index contributed by atoms with van der Waals surface area (Å²) < 4.78 is 10.9. The minimum atomic E-state index is 0.533. The van der Waals surface area contributed by atoms with E-state index < -0.39 is 0 Å². The van der Waals surface area contributed by atoms with Gasteiger partial charge in [0.05, 0.1) is 19.5 Å². The molecule has 0 saturated carbocycles. The van der Waals surface area contributed by atoms with Crippen LogP contribution in [0.15, 0.2) is 36.4 Å². The summed E-state index contributed by atoms with van der Waals surface area (Å²) >= 11 is 0. The minimum absolute atomic E-state index is 0.533. The van der Waals surface area contributed by atoms with Crippen LogP contribution in [-0.2, 0) is 0 Å². The summed E-state index contributed by atoms with van der Waals surface area (Å²) in [6.45, 7) is 4.31. The molecule has 2 aromatic rings. The van der Waals surface area contributed by atoms with Gasteiger partial charge in [-0.05, 0) is 42.4 Å². The van der Waals surface area contributed by atoms with Crippen molar-refractivity contribution in [2.75, 3.05) is 14.2 Å². The second-order valence-electron chi connectivity index (χ2n) is 4.41. The third-order valence-corrected chi connectivity index (χ3v) is 4.85. The van der Waals surface area contributed by atoms with E-state index in [0.717, 1.165) is 16.8 Å². The molecule has 1 unspecified atom stereocenters. The molecule has 0 N–H and O–H groups in total. The third-order valence-electron chi connectivity index (χ3n) is 3.29. The van der Waals surface area contributed by atoms with Crippen molar-refractivity contribution in [1.29, 1.82) is 0 Å². The Balaban J connectivity index is 2.45. The van der Waals surface area contributed by atoms with Gasteiger partial charge in [-0.1, -0.05) is 32.8 Å². The Morgan fingerprint density at radius 3 is 2.00 bits per heavy atom. The zero-order chi connectivity index (χ0) is 13.8. The van der Waals surface area contributed by atoms with E-state index in [1.165, 1.54) is 16.4 Å². The van der Waals surface area contributed by atoms with E-state index in [4.69, 9.17) is 9.47 Å². The monoisotopic (exact) mass is 274 g/mol. The van der Waals surface area contributed by atoms with Gasteiger partial charge in [-0.15, -0.1) is 0 Å². The van der Waals surface area contributed by atoms with Crippen molar-refractivity contribution in [3.63, 3.8) is 0 Å².